The first kappa shape index (κ1) is 13.9. The number of ether oxygens (including phenoxy) is 1. The van der Waals surface area contributed by atoms with E-state index >= 15 is 0 Å². The molecular weight excluding hydrogens is 270 g/mol. The van der Waals surface area contributed by atoms with Gasteiger partial charge in [0.25, 0.3) is 5.91 Å². The van der Waals surface area contributed by atoms with Crippen LogP contribution in [0.25, 0.3) is 0 Å². The van der Waals surface area contributed by atoms with Crippen molar-refractivity contribution >= 4 is 17.7 Å². The summed E-state index contributed by atoms with van der Waals surface area (Å²) in [4.78, 5) is 28.1. The lowest BCUT2D eigenvalue weighted by atomic mass is 10.1. The molecule has 0 aliphatic carbocycles. The van der Waals surface area contributed by atoms with Gasteiger partial charge < -0.3 is 15.4 Å². The molecule has 1 saturated heterocycles. The van der Waals surface area contributed by atoms with Crippen molar-refractivity contribution in [2.24, 2.45) is 5.73 Å². The van der Waals surface area contributed by atoms with Gasteiger partial charge in [0.05, 0.1) is 6.04 Å². The van der Waals surface area contributed by atoms with E-state index in [0.29, 0.717) is 0 Å². The number of fused-ring (bicyclic) bond motifs is 1. The summed E-state index contributed by atoms with van der Waals surface area (Å²) in [6.45, 7) is 4.43. The van der Waals surface area contributed by atoms with Gasteiger partial charge in [-0.25, -0.2) is 4.79 Å². The average molecular weight is 289 g/mol. The van der Waals surface area contributed by atoms with E-state index in [0.717, 1.165) is 11.3 Å². The van der Waals surface area contributed by atoms with E-state index in [4.69, 9.17) is 10.5 Å². The Balaban J connectivity index is 2.07. The third-order valence-corrected chi connectivity index (χ3v) is 4.03. The lowest BCUT2D eigenvalue weighted by molar-refractivity contribution is -0.122. The second-order valence-electron chi connectivity index (χ2n) is 5.64. The number of cyclic esters (lactones) is 1. The summed E-state index contributed by atoms with van der Waals surface area (Å²) in [7, 11) is 0. The summed E-state index contributed by atoms with van der Waals surface area (Å²) in [6.07, 6.45) is -0.468. The summed E-state index contributed by atoms with van der Waals surface area (Å²) < 4.78 is 5.08. The number of anilines is 1. The van der Waals surface area contributed by atoms with Crippen LogP contribution >= 0.6 is 0 Å². The van der Waals surface area contributed by atoms with Crippen molar-refractivity contribution in [3.63, 3.8) is 0 Å². The minimum Gasteiger partial charge on any atom is -0.447 e. The van der Waals surface area contributed by atoms with Crippen molar-refractivity contribution in [1.29, 1.82) is 0 Å². The number of hydrogen-bond donors (Lipinski definition) is 1. The molecule has 2 atom stereocenters. The van der Waals surface area contributed by atoms with Crippen LogP contribution in [0.4, 0.5) is 10.5 Å². The average Bonchev–Trinajstić information content (AvgIpc) is 2.95. The van der Waals surface area contributed by atoms with E-state index in [1.807, 2.05) is 38.1 Å². The molecule has 2 aliphatic rings. The molecule has 0 bridgehead atoms. The monoisotopic (exact) mass is 289 g/mol. The zero-order valence-electron chi connectivity index (χ0n) is 12.2. The number of carbonyl (C=O) groups excluding carboxylic acids is 2. The van der Waals surface area contributed by atoms with Crippen LogP contribution < -0.4 is 10.6 Å². The standard InChI is InChI=1S/C15H19N3O3/c1-9(2)17-12-6-4-3-5-11(12)13(14(17)19)18-10(7-16)8-21-15(18)20/h3-6,9-10,13H,7-8,16H2,1-2H3. The first-order valence-electron chi connectivity index (χ1n) is 7.13. The molecule has 2 amide bonds. The van der Waals surface area contributed by atoms with E-state index in [1.165, 1.54) is 4.90 Å². The molecule has 2 aliphatic heterocycles. The minimum absolute atomic E-state index is 0.0265. The molecule has 6 nitrogen and oxygen atoms in total. The first-order valence-corrected chi connectivity index (χ1v) is 7.13. The van der Waals surface area contributed by atoms with Crippen LogP contribution in [-0.2, 0) is 9.53 Å². The fraction of sp³-hybridized carbons (Fsp3) is 0.467. The highest BCUT2D eigenvalue weighted by molar-refractivity contribution is 6.06. The lowest BCUT2D eigenvalue weighted by Gasteiger charge is -2.27. The highest BCUT2D eigenvalue weighted by atomic mass is 16.6. The Morgan fingerprint density at radius 3 is 2.71 bits per heavy atom. The number of hydrogen-bond acceptors (Lipinski definition) is 4. The largest absolute Gasteiger partial charge is 0.447 e. The second-order valence-corrected chi connectivity index (χ2v) is 5.64. The van der Waals surface area contributed by atoms with Gasteiger partial charge in [-0.15, -0.1) is 0 Å². The second kappa shape index (κ2) is 5.04. The molecule has 6 heteroatoms. The van der Waals surface area contributed by atoms with Crippen LogP contribution in [-0.4, -0.2) is 42.1 Å². The molecule has 2 N–H and O–H groups in total. The summed E-state index contributed by atoms with van der Waals surface area (Å²) in [6, 6.07) is 6.71. The maximum absolute atomic E-state index is 12.8. The predicted molar refractivity (Wildman–Crippen MR) is 77.8 cm³/mol. The zero-order valence-corrected chi connectivity index (χ0v) is 12.2. The Labute approximate surface area is 123 Å². The van der Waals surface area contributed by atoms with Gasteiger partial charge >= 0.3 is 6.09 Å². The van der Waals surface area contributed by atoms with Crippen LogP contribution in [0.5, 0.6) is 0 Å². The molecule has 3 rings (SSSR count). The maximum atomic E-state index is 12.8. The van der Waals surface area contributed by atoms with Crippen LogP contribution in [0, 0.1) is 0 Å². The number of carbonyl (C=O) groups is 2. The third-order valence-electron chi connectivity index (χ3n) is 4.03. The van der Waals surface area contributed by atoms with Crippen molar-refractivity contribution in [3.05, 3.63) is 29.8 Å². The topological polar surface area (TPSA) is 75.9 Å². The SMILES string of the molecule is CC(C)N1C(=O)C(N2C(=O)OCC2CN)c2ccccc21. The maximum Gasteiger partial charge on any atom is 0.411 e. The van der Waals surface area contributed by atoms with Crippen molar-refractivity contribution in [2.75, 3.05) is 18.1 Å². The van der Waals surface area contributed by atoms with E-state index in [-0.39, 0.29) is 31.1 Å². The summed E-state index contributed by atoms with van der Waals surface area (Å²) in [5, 5.41) is 0. The molecule has 0 spiro atoms. The van der Waals surface area contributed by atoms with Crippen molar-refractivity contribution in [2.45, 2.75) is 32.0 Å². The summed E-state index contributed by atoms with van der Waals surface area (Å²) in [5.41, 5.74) is 7.42. The normalized spacial score (nSPS) is 24.8. The van der Waals surface area contributed by atoms with Crippen molar-refractivity contribution in [1.82, 2.24) is 4.90 Å². The summed E-state index contributed by atoms with van der Waals surface area (Å²) >= 11 is 0. The number of nitrogens with two attached hydrogens (primary N) is 1. The Bertz CT molecular complexity index is 587. The Morgan fingerprint density at radius 1 is 1.33 bits per heavy atom. The van der Waals surface area contributed by atoms with E-state index in [1.54, 1.807) is 4.90 Å². The van der Waals surface area contributed by atoms with E-state index < -0.39 is 12.1 Å². The highest BCUT2D eigenvalue weighted by Crippen LogP contribution is 2.42. The fourth-order valence-corrected chi connectivity index (χ4v) is 3.09. The van der Waals surface area contributed by atoms with Gasteiger partial charge in [-0.1, -0.05) is 18.2 Å². The lowest BCUT2D eigenvalue weighted by Crippen LogP contribution is -2.46. The number of amides is 2. The Hall–Kier alpha value is -2.08. The van der Waals surface area contributed by atoms with Crippen LogP contribution in [0.1, 0.15) is 25.5 Å². The molecule has 0 aromatic heterocycles. The van der Waals surface area contributed by atoms with Gasteiger partial charge in [0.1, 0.15) is 12.6 Å². The van der Waals surface area contributed by atoms with E-state index in [9.17, 15) is 9.59 Å². The molecule has 2 unspecified atom stereocenters. The van der Waals surface area contributed by atoms with Gasteiger partial charge in [-0.3, -0.25) is 9.69 Å². The Kier molecular flexibility index (Phi) is 3.33. The molecule has 0 radical (unpaired) electrons. The number of para-hydroxylation sites is 1. The molecule has 0 saturated carbocycles. The van der Waals surface area contributed by atoms with Crippen molar-refractivity contribution in [3.8, 4) is 0 Å². The number of rotatable bonds is 3. The van der Waals surface area contributed by atoms with Crippen LogP contribution in [0.3, 0.4) is 0 Å². The zero-order chi connectivity index (χ0) is 15.1. The molecule has 1 fully saturated rings. The van der Waals surface area contributed by atoms with Crippen LogP contribution in [0.2, 0.25) is 0 Å². The molecular formula is C15H19N3O3. The smallest absolute Gasteiger partial charge is 0.411 e. The Morgan fingerprint density at radius 2 is 2.05 bits per heavy atom. The highest BCUT2D eigenvalue weighted by Gasteiger charge is 2.48. The van der Waals surface area contributed by atoms with Crippen LogP contribution in [0.15, 0.2) is 24.3 Å². The van der Waals surface area contributed by atoms with Gasteiger partial charge in [0, 0.05) is 23.8 Å². The van der Waals surface area contributed by atoms with Gasteiger partial charge in [-0.2, -0.15) is 0 Å². The summed E-state index contributed by atoms with van der Waals surface area (Å²) in [5.74, 6) is -0.0940. The molecule has 1 aromatic rings. The fourth-order valence-electron chi connectivity index (χ4n) is 3.09. The predicted octanol–water partition coefficient (Wildman–Crippen LogP) is 1.26. The third kappa shape index (κ3) is 1.98. The molecule has 1 aromatic carbocycles. The van der Waals surface area contributed by atoms with Gasteiger partial charge in [-0.05, 0) is 19.9 Å². The molecule has 21 heavy (non-hydrogen) atoms. The number of benzene rings is 1. The van der Waals surface area contributed by atoms with Crippen molar-refractivity contribution < 1.29 is 14.3 Å². The van der Waals surface area contributed by atoms with Gasteiger partial charge in [0.2, 0.25) is 0 Å². The first-order chi connectivity index (χ1) is 10.1. The number of nitrogens with zero attached hydrogens (tertiary/aromatic N) is 2. The minimum atomic E-state index is -0.632. The molecule has 2 heterocycles. The van der Waals surface area contributed by atoms with E-state index in [2.05, 4.69) is 0 Å². The quantitative estimate of drug-likeness (QED) is 0.909. The molecule has 112 valence electrons. The van der Waals surface area contributed by atoms with Gasteiger partial charge in [0.15, 0.2) is 0 Å².